The molecule has 0 aliphatic rings. The van der Waals surface area contributed by atoms with E-state index in [1.165, 1.54) is 17.8 Å². The largest absolute Gasteiger partial charge is 0.497 e. The first-order chi connectivity index (χ1) is 10.2. The van der Waals surface area contributed by atoms with Crippen molar-refractivity contribution in [1.29, 1.82) is 0 Å². The molecule has 2 rings (SSSR count). The average Bonchev–Trinajstić information content (AvgIpc) is 2.53. The first-order valence-corrected chi connectivity index (χ1v) is 7.43. The highest BCUT2D eigenvalue weighted by Gasteiger charge is 2.00. The molecule has 1 aromatic heterocycles. The molecule has 1 aromatic carbocycles. The van der Waals surface area contributed by atoms with Crippen LogP contribution in [-0.4, -0.2) is 29.2 Å². The smallest absolute Gasteiger partial charge is 0.248 e. The van der Waals surface area contributed by atoms with Crippen molar-refractivity contribution >= 4 is 29.4 Å². The van der Waals surface area contributed by atoms with Crippen molar-refractivity contribution < 1.29 is 9.53 Å². The molecule has 1 N–H and O–H groups in total. The summed E-state index contributed by atoms with van der Waals surface area (Å²) in [6, 6.07) is 7.18. The minimum absolute atomic E-state index is 0.225. The molecule has 0 fully saturated rings. The summed E-state index contributed by atoms with van der Waals surface area (Å²) in [7, 11) is 1.58. The van der Waals surface area contributed by atoms with Crippen LogP contribution in [-0.2, 0) is 4.79 Å². The maximum atomic E-state index is 11.8. The van der Waals surface area contributed by atoms with E-state index < -0.39 is 0 Å². The van der Waals surface area contributed by atoms with Crippen LogP contribution in [0.5, 0.6) is 5.75 Å². The normalized spacial score (nSPS) is 10.6. The topological polar surface area (TPSA) is 64.1 Å². The van der Waals surface area contributed by atoms with E-state index in [4.69, 9.17) is 4.74 Å². The third-order valence-electron chi connectivity index (χ3n) is 2.60. The van der Waals surface area contributed by atoms with Crippen molar-refractivity contribution in [3.63, 3.8) is 0 Å². The molecule has 1 heterocycles. The van der Waals surface area contributed by atoms with Crippen LogP contribution < -0.4 is 10.1 Å². The highest BCUT2D eigenvalue weighted by molar-refractivity contribution is 7.98. The second-order valence-corrected chi connectivity index (χ2v) is 4.83. The van der Waals surface area contributed by atoms with Gasteiger partial charge in [0.2, 0.25) is 5.91 Å². The maximum absolute atomic E-state index is 11.8. The first kappa shape index (κ1) is 15.1. The molecular weight excluding hydrogens is 286 g/mol. The van der Waals surface area contributed by atoms with Gasteiger partial charge in [-0.3, -0.25) is 4.79 Å². The van der Waals surface area contributed by atoms with Crippen LogP contribution in [0.3, 0.4) is 0 Å². The fourth-order valence-electron chi connectivity index (χ4n) is 1.57. The lowest BCUT2D eigenvalue weighted by Gasteiger charge is -2.04. The molecule has 1 amide bonds. The molecule has 0 radical (unpaired) electrons. The van der Waals surface area contributed by atoms with Crippen LogP contribution in [0.4, 0.5) is 5.69 Å². The summed E-state index contributed by atoms with van der Waals surface area (Å²) < 4.78 is 5.10. The van der Waals surface area contributed by atoms with Crippen LogP contribution >= 0.6 is 11.8 Å². The van der Waals surface area contributed by atoms with E-state index in [-0.39, 0.29) is 5.91 Å². The number of hydrogen-bond acceptors (Lipinski definition) is 5. The zero-order valence-corrected chi connectivity index (χ0v) is 12.6. The lowest BCUT2D eigenvalue weighted by atomic mass is 10.3. The second-order valence-electron chi connectivity index (χ2n) is 4.06. The Morgan fingerprint density at radius 2 is 2.10 bits per heavy atom. The zero-order chi connectivity index (χ0) is 15.1. The van der Waals surface area contributed by atoms with E-state index >= 15 is 0 Å². The number of carbonyl (C=O) groups excluding carboxylic acids is 1. The minimum atomic E-state index is -0.225. The lowest BCUT2D eigenvalue weighted by Crippen LogP contribution is -2.07. The van der Waals surface area contributed by atoms with Crippen molar-refractivity contribution in [3.8, 4) is 5.75 Å². The molecule has 21 heavy (non-hydrogen) atoms. The van der Waals surface area contributed by atoms with E-state index in [1.807, 2.05) is 18.4 Å². The van der Waals surface area contributed by atoms with Crippen LogP contribution in [0.2, 0.25) is 0 Å². The zero-order valence-electron chi connectivity index (χ0n) is 11.7. The molecule has 0 aliphatic carbocycles. The van der Waals surface area contributed by atoms with Gasteiger partial charge in [-0.25, -0.2) is 9.97 Å². The number of nitrogens with one attached hydrogen (secondary N) is 1. The summed E-state index contributed by atoms with van der Waals surface area (Å²) in [5.41, 5.74) is 1.45. The summed E-state index contributed by atoms with van der Waals surface area (Å²) in [5, 5.41) is 3.46. The number of aromatic nitrogens is 2. The van der Waals surface area contributed by atoms with Gasteiger partial charge in [0, 0.05) is 35.8 Å². The average molecular weight is 301 g/mol. The number of amides is 1. The van der Waals surface area contributed by atoms with Crippen LogP contribution in [0.1, 0.15) is 5.56 Å². The fraction of sp³-hybridized carbons (Fsp3) is 0.133. The molecular formula is C15H15N3O2S. The number of carbonyl (C=O) groups is 1. The number of thioether (sulfide) groups is 1. The van der Waals surface area contributed by atoms with Gasteiger partial charge in [0.1, 0.15) is 5.75 Å². The van der Waals surface area contributed by atoms with Gasteiger partial charge in [-0.1, -0.05) is 17.8 Å². The van der Waals surface area contributed by atoms with Gasteiger partial charge in [-0.15, -0.1) is 0 Å². The van der Waals surface area contributed by atoms with E-state index in [0.29, 0.717) is 16.6 Å². The molecule has 0 atom stereocenters. The number of anilines is 1. The van der Waals surface area contributed by atoms with Gasteiger partial charge in [-0.2, -0.15) is 0 Å². The highest BCUT2D eigenvalue weighted by Crippen LogP contribution is 2.16. The van der Waals surface area contributed by atoms with E-state index in [2.05, 4.69) is 15.3 Å². The predicted molar refractivity (Wildman–Crippen MR) is 84.5 cm³/mol. The Morgan fingerprint density at radius 3 is 2.76 bits per heavy atom. The highest BCUT2D eigenvalue weighted by atomic mass is 32.2. The first-order valence-electron chi connectivity index (χ1n) is 6.20. The number of methoxy groups -OCH3 is 1. The summed E-state index contributed by atoms with van der Waals surface area (Å²) in [4.78, 5) is 20.1. The van der Waals surface area contributed by atoms with Crippen LogP contribution in [0, 0.1) is 0 Å². The van der Waals surface area contributed by atoms with Gasteiger partial charge >= 0.3 is 0 Å². The van der Waals surface area contributed by atoms with Gasteiger partial charge in [0.05, 0.1) is 7.11 Å². The van der Waals surface area contributed by atoms with Crippen LogP contribution in [0.25, 0.3) is 6.08 Å². The molecule has 0 aliphatic heterocycles. The Labute approximate surface area is 127 Å². The van der Waals surface area contributed by atoms with Crippen molar-refractivity contribution in [1.82, 2.24) is 9.97 Å². The van der Waals surface area contributed by atoms with Crippen LogP contribution in [0.15, 0.2) is 47.9 Å². The third kappa shape index (κ3) is 4.61. The second kappa shape index (κ2) is 7.44. The monoisotopic (exact) mass is 301 g/mol. The summed E-state index contributed by atoms with van der Waals surface area (Å²) in [6.07, 6.45) is 8.37. The van der Waals surface area contributed by atoms with Gasteiger partial charge in [0.15, 0.2) is 5.16 Å². The van der Waals surface area contributed by atoms with E-state index in [9.17, 15) is 4.79 Å². The van der Waals surface area contributed by atoms with Gasteiger partial charge in [0.25, 0.3) is 0 Å². The minimum Gasteiger partial charge on any atom is -0.497 e. The molecule has 2 aromatic rings. The van der Waals surface area contributed by atoms with Gasteiger partial charge < -0.3 is 10.1 Å². The van der Waals surface area contributed by atoms with Crippen molar-refractivity contribution in [3.05, 3.63) is 48.3 Å². The quantitative estimate of drug-likeness (QED) is 0.522. The van der Waals surface area contributed by atoms with Crippen molar-refractivity contribution in [2.45, 2.75) is 5.16 Å². The summed E-state index contributed by atoms with van der Waals surface area (Å²) >= 11 is 1.47. The summed E-state index contributed by atoms with van der Waals surface area (Å²) in [6.45, 7) is 0. The molecule has 6 heteroatoms. The number of benzene rings is 1. The van der Waals surface area contributed by atoms with Gasteiger partial charge in [-0.05, 0) is 24.5 Å². The molecule has 5 nitrogen and oxygen atoms in total. The third-order valence-corrected chi connectivity index (χ3v) is 3.17. The molecule has 0 unspecified atom stereocenters. The molecule has 108 valence electrons. The standard InChI is InChI=1S/C15H15N3O2S/c1-20-13-5-3-4-12(8-13)18-14(19)7-6-11-9-16-15(21-2)17-10-11/h3-10H,1-2H3,(H,18,19)/b7-6+. The number of rotatable bonds is 5. The Hall–Kier alpha value is -2.34. The Bertz CT molecular complexity index is 642. The molecule has 0 saturated carbocycles. The molecule has 0 bridgehead atoms. The Balaban J connectivity index is 1.98. The SMILES string of the molecule is COc1cccc(NC(=O)/C=C/c2cnc(SC)nc2)c1. The van der Waals surface area contributed by atoms with E-state index in [1.54, 1.807) is 37.7 Å². The predicted octanol–water partition coefficient (Wildman–Crippen LogP) is 2.86. The fourth-order valence-corrected chi connectivity index (χ4v) is 1.89. The summed E-state index contributed by atoms with van der Waals surface area (Å²) in [5.74, 6) is 0.468. The number of ether oxygens (including phenoxy) is 1. The van der Waals surface area contributed by atoms with Crippen molar-refractivity contribution in [2.24, 2.45) is 0 Å². The Kier molecular flexibility index (Phi) is 5.34. The number of nitrogens with zero attached hydrogens (tertiary/aromatic N) is 2. The van der Waals surface area contributed by atoms with Crippen molar-refractivity contribution in [2.75, 3.05) is 18.7 Å². The lowest BCUT2D eigenvalue weighted by molar-refractivity contribution is -0.111. The molecule has 0 saturated heterocycles. The maximum Gasteiger partial charge on any atom is 0.248 e. The Morgan fingerprint density at radius 1 is 1.33 bits per heavy atom. The number of hydrogen-bond donors (Lipinski definition) is 1. The van der Waals surface area contributed by atoms with E-state index in [0.717, 1.165) is 5.56 Å². The molecule has 0 spiro atoms.